The summed E-state index contributed by atoms with van der Waals surface area (Å²) in [5.41, 5.74) is 0.0354. The molecule has 1 aromatic heterocycles. The SMILES string of the molecule is Cc1cnc(C2(C)CCN(CCC(F)(F)F)CC2)s1. The Morgan fingerprint density at radius 1 is 1.37 bits per heavy atom. The van der Waals surface area contributed by atoms with Gasteiger partial charge in [-0.25, -0.2) is 4.98 Å². The zero-order valence-electron chi connectivity index (χ0n) is 11.3. The highest BCUT2D eigenvalue weighted by Gasteiger charge is 2.35. The molecule has 1 aromatic rings. The van der Waals surface area contributed by atoms with Crippen LogP contribution < -0.4 is 0 Å². The number of rotatable bonds is 3. The van der Waals surface area contributed by atoms with E-state index in [4.69, 9.17) is 0 Å². The van der Waals surface area contributed by atoms with Crippen molar-refractivity contribution >= 4 is 11.3 Å². The third-order valence-corrected chi connectivity index (χ3v) is 5.03. The molecule has 108 valence electrons. The first kappa shape index (κ1) is 14.8. The third kappa shape index (κ3) is 3.92. The van der Waals surface area contributed by atoms with Gasteiger partial charge in [-0.3, -0.25) is 0 Å². The Morgan fingerprint density at radius 3 is 2.47 bits per heavy atom. The van der Waals surface area contributed by atoms with Gasteiger partial charge in [-0.2, -0.15) is 13.2 Å². The van der Waals surface area contributed by atoms with Gasteiger partial charge >= 0.3 is 6.18 Å². The van der Waals surface area contributed by atoms with E-state index in [2.05, 4.69) is 11.9 Å². The second-order valence-electron chi connectivity index (χ2n) is 5.54. The third-order valence-electron chi connectivity index (χ3n) is 3.81. The molecule has 1 aliphatic rings. The minimum atomic E-state index is -4.05. The van der Waals surface area contributed by atoms with Crippen LogP contribution in [0.2, 0.25) is 0 Å². The highest BCUT2D eigenvalue weighted by Crippen LogP contribution is 2.37. The van der Waals surface area contributed by atoms with Gasteiger partial charge < -0.3 is 4.90 Å². The molecule has 2 heterocycles. The molecule has 1 saturated heterocycles. The highest BCUT2D eigenvalue weighted by atomic mass is 32.1. The quantitative estimate of drug-likeness (QED) is 0.843. The molecule has 1 aliphatic heterocycles. The van der Waals surface area contributed by atoms with Crippen LogP contribution in [0.25, 0.3) is 0 Å². The molecule has 0 aliphatic carbocycles. The molecule has 0 unspecified atom stereocenters. The van der Waals surface area contributed by atoms with Crippen molar-refractivity contribution in [1.29, 1.82) is 0 Å². The predicted octanol–water partition coefficient (Wildman–Crippen LogP) is 3.76. The van der Waals surface area contributed by atoms with Crippen molar-refractivity contribution in [1.82, 2.24) is 9.88 Å². The Morgan fingerprint density at radius 2 is 2.00 bits per heavy atom. The number of alkyl halides is 3. The maximum absolute atomic E-state index is 12.2. The molecular formula is C13H19F3N2S. The lowest BCUT2D eigenvalue weighted by Gasteiger charge is -2.38. The normalized spacial score (nSPS) is 20.7. The molecule has 0 amide bonds. The highest BCUT2D eigenvalue weighted by molar-refractivity contribution is 7.11. The summed E-state index contributed by atoms with van der Waals surface area (Å²) < 4.78 is 36.6. The van der Waals surface area contributed by atoms with Crippen molar-refractivity contribution in [2.24, 2.45) is 0 Å². The lowest BCUT2D eigenvalue weighted by atomic mass is 9.81. The maximum Gasteiger partial charge on any atom is 0.390 e. The van der Waals surface area contributed by atoms with Crippen LogP contribution in [0.1, 0.15) is 36.1 Å². The number of piperidine rings is 1. The average Bonchev–Trinajstić information content (AvgIpc) is 2.75. The van der Waals surface area contributed by atoms with Gasteiger partial charge in [0.15, 0.2) is 0 Å². The number of aryl methyl sites for hydroxylation is 1. The van der Waals surface area contributed by atoms with Gasteiger partial charge in [0, 0.05) is 23.0 Å². The van der Waals surface area contributed by atoms with Crippen LogP contribution in [0.15, 0.2) is 6.20 Å². The van der Waals surface area contributed by atoms with Crippen molar-refractivity contribution in [2.75, 3.05) is 19.6 Å². The topological polar surface area (TPSA) is 16.1 Å². The van der Waals surface area contributed by atoms with Crippen molar-refractivity contribution in [3.8, 4) is 0 Å². The minimum absolute atomic E-state index is 0.0354. The van der Waals surface area contributed by atoms with E-state index in [0.29, 0.717) is 0 Å². The monoisotopic (exact) mass is 292 g/mol. The van der Waals surface area contributed by atoms with Gasteiger partial charge in [0.25, 0.3) is 0 Å². The summed E-state index contributed by atoms with van der Waals surface area (Å²) in [4.78, 5) is 7.54. The first-order valence-electron chi connectivity index (χ1n) is 6.51. The van der Waals surface area contributed by atoms with Crippen LogP contribution in [-0.2, 0) is 5.41 Å². The molecule has 0 spiro atoms. The van der Waals surface area contributed by atoms with E-state index in [1.807, 2.05) is 18.0 Å². The van der Waals surface area contributed by atoms with Crippen LogP contribution in [0, 0.1) is 6.92 Å². The van der Waals surface area contributed by atoms with Crippen molar-refractivity contribution < 1.29 is 13.2 Å². The van der Waals surface area contributed by atoms with Gasteiger partial charge in [-0.05, 0) is 32.9 Å². The van der Waals surface area contributed by atoms with E-state index in [9.17, 15) is 13.2 Å². The second-order valence-corrected chi connectivity index (χ2v) is 6.78. The number of thiazole rings is 1. The van der Waals surface area contributed by atoms with Crippen molar-refractivity contribution in [3.63, 3.8) is 0 Å². The Labute approximate surface area is 115 Å². The van der Waals surface area contributed by atoms with Gasteiger partial charge in [-0.15, -0.1) is 11.3 Å². The number of halogens is 3. The van der Waals surface area contributed by atoms with E-state index < -0.39 is 12.6 Å². The van der Waals surface area contributed by atoms with Crippen LogP contribution in [0.4, 0.5) is 13.2 Å². The van der Waals surface area contributed by atoms with Crippen LogP contribution in [-0.4, -0.2) is 35.7 Å². The summed E-state index contributed by atoms with van der Waals surface area (Å²) >= 11 is 1.70. The zero-order chi connectivity index (χ0) is 14.1. The smallest absolute Gasteiger partial charge is 0.303 e. The van der Waals surface area contributed by atoms with E-state index in [1.165, 1.54) is 4.88 Å². The molecule has 0 atom stereocenters. The molecule has 2 nitrogen and oxygen atoms in total. The van der Waals surface area contributed by atoms with Crippen molar-refractivity contribution in [3.05, 3.63) is 16.1 Å². The Bertz CT molecular complexity index is 420. The molecule has 0 bridgehead atoms. The fraction of sp³-hybridized carbons (Fsp3) is 0.769. The van der Waals surface area contributed by atoms with E-state index >= 15 is 0 Å². The van der Waals surface area contributed by atoms with Gasteiger partial charge in [-0.1, -0.05) is 6.92 Å². The number of hydrogen-bond acceptors (Lipinski definition) is 3. The molecule has 1 fully saturated rings. The molecule has 0 saturated carbocycles. The first-order chi connectivity index (χ1) is 8.78. The molecule has 19 heavy (non-hydrogen) atoms. The summed E-state index contributed by atoms with van der Waals surface area (Å²) in [6, 6.07) is 0. The lowest BCUT2D eigenvalue weighted by molar-refractivity contribution is -0.138. The van der Waals surface area contributed by atoms with Crippen LogP contribution >= 0.6 is 11.3 Å². The largest absolute Gasteiger partial charge is 0.390 e. The molecule has 6 heteroatoms. The molecule has 0 radical (unpaired) electrons. The van der Waals surface area contributed by atoms with Crippen molar-refractivity contribution in [2.45, 2.75) is 44.7 Å². The molecular weight excluding hydrogens is 273 g/mol. The van der Waals surface area contributed by atoms with Crippen LogP contribution in [0.3, 0.4) is 0 Å². The second kappa shape index (κ2) is 5.40. The number of hydrogen-bond donors (Lipinski definition) is 0. The van der Waals surface area contributed by atoms with E-state index in [0.717, 1.165) is 30.9 Å². The minimum Gasteiger partial charge on any atom is -0.303 e. The summed E-state index contributed by atoms with van der Waals surface area (Å²) in [6.07, 6.45) is -1.11. The van der Waals surface area contributed by atoms with Crippen LogP contribution in [0.5, 0.6) is 0 Å². The van der Waals surface area contributed by atoms with Gasteiger partial charge in [0.2, 0.25) is 0 Å². The summed E-state index contributed by atoms with van der Waals surface area (Å²) in [7, 11) is 0. The average molecular weight is 292 g/mol. The lowest BCUT2D eigenvalue weighted by Crippen LogP contribution is -2.42. The van der Waals surface area contributed by atoms with Gasteiger partial charge in [0.1, 0.15) is 0 Å². The maximum atomic E-state index is 12.2. The Balaban J connectivity index is 1.88. The molecule has 0 N–H and O–H groups in total. The summed E-state index contributed by atoms with van der Waals surface area (Å²) in [5, 5.41) is 1.13. The van der Waals surface area contributed by atoms with E-state index in [1.54, 1.807) is 11.3 Å². The van der Waals surface area contributed by atoms with E-state index in [-0.39, 0.29) is 12.0 Å². The standard InChI is InChI=1S/C13H19F3N2S/c1-10-9-17-11(19-10)12(2)3-6-18(7-4-12)8-5-13(14,15)16/h9H,3-8H2,1-2H3. The summed E-state index contributed by atoms with van der Waals surface area (Å²) in [6.45, 7) is 5.78. The number of aromatic nitrogens is 1. The fourth-order valence-electron chi connectivity index (χ4n) is 2.40. The molecule has 2 rings (SSSR count). The number of likely N-dealkylation sites (tertiary alicyclic amines) is 1. The first-order valence-corrected chi connectivity index (χ1v) is 7.32. The zero-order valence-corrected chi connectivity index (χ0v) is 12.1. The Kier molecular flexibility index (Phi) is 4.20. The predicted molar refractivity (Wildman–Crippen MR) is 70.5 cm³/mol. The number of nitrogens with zero attached hydrogens (tertiary/aromatic N) is 2. The Hall–Kier alpha value is -0.620. The van der Waals surface area contributed by atoms with Gasteiger partial charge in [0.05, 0.1) is 11.4 Å². The fourth-order valence-corrected chi connectivity index (χ4v) is 3.37. The summed E-state index contributed by atoms with van der Waals surface area (Å²) in [5.74, 6) is 0. The molecule has 0 aromatic carbocycles.